The monoisotopic (exact) mass is 364 g/mol. The zero-order valence-corrected chi connectivity index (χ0v) is 14.1. The summed E-state index contributed by atoms with van der Waals surface area (Å²) in [7, 11) is 0. The van der Waals surface area contributed by atoms with Crippen LogP contribution < -0.4 is 0 Å². The highest BCUT2D eigenvalue weighted by atomic mass is 16.9. The molecule has 1 heterocycles. The maximum Gasteiger partial charge on any atom is 0.370 e. The van der Waals surface area contributed by atoms with Crippen molar-refractivity contribution < 1.29 is 53.1 Å². The molecule has 1 saturated heterocycles. The van der Waals surface area contributed by atoms with E-state index in [0.29, 0.717) is 0 Å². The van der Waals surface area contributed by atoms with Crippen LogP contribution in [-0.2, 0) is 42.9 Å². The normalized spacial score (nSPS) is 31.6. The molecule has 142 valence electrons. The number of esters is 4. The van der Waals surface area contributed by atoms with Crippen LogP contribution in [0.5, 0.6) is 0 Å². The number of rotatable bonds is 5. The van der Waals surface area contributed by atoms with E-state index in [1.54, 1.807) is 0 Å². The van der Waals surface area contributed by atoms with E-state index in [4.69, 9.17) is 18.9 Å². The van der Waals surface area contributed by atoms with Gasteiger partial charge in [0.1, 0.15) is 6.10 Å². The smallest absolute Gasteiger partial charge is 0.370 e. The molecule has 0 aromatic heterocycles. The zero-order valence-electron chi connectivity index (χ0n) is 14.1. The summed E-state index contributed by atoms with van der Waals surface area (Å²) in [6.07, 6.45) is -6.36. The fraction of sp³-hybridized carbons (Fsp3) is 0.714. The Morgan fingerprint density at radius 3 is 1.76 bits per heavy atom. The molecule has 5 atom stereocenters. The number of hydrogen-bond donors (Lipinski definition) is 2. The zero-order chi connectivity index (χ0) is 19.4. The summed E-state index contributed by atoms with van der Waals surface area (Å²) < 4.78 is 24.6. The van der Waals surface area contributed by atoms with Crippen molar-refractivity contribution in [1.82, 2.24) is 0 Å². The number of hydrogen-bond acceptors (Lipinski definition) is 11. The van der Waals surface area contributed by atoms with Crippen LogP contribution in [0, 0.1) is 0 Å². The van der Waals surface area contributed by atoms with Crippen LogP contribution in [0.2, 0.25) is 0 Å². The Hall–Kier alpha value is -2.24. The van der Waals surface area contributed by atoms with Crippen LogP contribution in [0.4, 0.5) is 0 Å². The lowest BCUT2D eigenvalue weighted by atomic mass is 9.96. The maximum absolute atomic E-state index is 11.4. The number of carbonyl (C=O) groups is 4. The molecule has 0 unspecified atom stereocenters. The summed E-state index contributed by atoms with van der Waals surface area (Å²) in [5.41, 5.74) is 0. The molecule has 0 amide bonds. The van der Waals surface area contributed by atoms with Crippen molar-refractivity contribution >= 4 is 23.9 Å². The van der Waals surface area contributed by atoms with E-state index < -0.39 is 60.9 Å². The molecule has 0 radical (unpaired) electrons. The molecule has 25 heavy (non-hydrogen) atoms. The van der Waals surface area contributed by atoms with Gasteiger partial charge in [0, 0.05) is 27.7 Å². The average molecular weight is 364 g/mol. The van der Waals surface area contributed by atoms with E-state index in [1.807, 2.05) is 0 Å². The largest absolute Gasteiger partial charge is 0.456 e. The van der Waals surface area contributed by atoms with Gasteiger partial charge in [0.25, 0.3) is 0 Å². The average Bonchev–Trinajstić information content (AvgIpc) is 2.43. The topological polar surface area (TPSA) is 155 Å². The third-order valence-electron chi connectivity index (χ3n) is 3.04. The van der Waals surface area contributed by atoms with Crippen molar-refractivity contribution in [3.05, 3.63) is 0 Å². The lowest BCUT2D eigenvalue weighted by molar-refractivity contribution is -0.433. The molecule has 0 bridgehead atoms. The maximum atomic E-state index is 11.4. The highest BCUT2D eigenvalue weighted by Gasteiger charge is 2.61. The first kappa shape index (κ1) is 20.8. The standard InChI is InChI=1S/C14H20O11/c1-6(16)21-11-10(5-15)25-14(20,24-9(4)19)13(23-8(3)18)12(11)22-7(2)17/h10-13,15,20H,5H2,1-4H3/t10-,11-,12+,13-,14+/m1/s1. The van der Waals surface area contributed by atoms with Crippen LogP contribution in [-0.4, -0.2) is 71.1 Å². The van der Waals surface area contributed by atoms with Gasteiger partial charge in [-0.05, 0) is 0 Å². The van der Waals surface area contributed by atoms with Crippen molar-refractivity contribution in [3.63, 3.8) is 0 Å². The first-order valence-corrected chi connectivity index (χ1v) is 7.22. The number of aliphatic hydroxyl groups excluding tert-OH is 1. The van der Waals surface area contributed by atoms with E-state index in [-0.39, 0.29) is 0 Å². The van der Waals surface area contributed by atoms with E-state index in [9.17, 15) is 29.4 Å². The van der Waals surface area contributed by atoms with Crippen molar-refractivity contribution in [2.75, 3.05) is 6.61 Å². The molecule has 1 aliphatic rings. The summed E-state index contributed by atoms with van der Waals surface area (Å²) in [4.78, 5) is 45.4. The van der Waals surface area contributed by atoms with Gasteiger partial charge >= 0.3 is 29.9 Å². The first-order chi connectivity index (χ1) is 11.5. The highest BCUT2D eigenvalue weighted by molar-refractivity contribution is 5.69. The summed E-state index contributed by atoms with van der Waals surface area (Å²) in [6, 6.07) is 0. The first-order valence-electron chi connectivity index (χ1n) is 7.22. The number of ether oxygens (including phenoxy) is 5. The van der Waals surface area contributed by atoms with Gasteiger partial charge in [0.2, 0.25) is 6.10 Å². The van der Waals surface area contributed by atoms with Crippen molar-refractivity contribution in [2.24, 2.45) is 0 Å². The molecule has 11 heteroatoms. The third-order valence-corrected chi connectivity index (χ3v) is 3.04. The molecule has 0 aromatic carbocycles. The van der Waals surface area contributed by atoms with Gasteiger partial charge in [0.05, 0.1) is 6.61 Å². The van der Waals surface area contributed by atoms with Gasteiger partial charge in [-0.3, -0.25) is 19.2 Å². The van der Waals surface area contributed by atoms with Gasteiger partial charge in [-0.1, -0.05) is 0 Å². The Morgan fingerprint density at radius 2 is 1.36 bits per heavy atom. The lowest BCUT2D eigenvalue weighted by Crippen LogP contribution is -2.69. The van der Waals surface area contributed by atoms with Crippen LogP contribution in [0.3, 0.4) is 0 Å². The molecule has 1 fully saturated rings. The van der Waals surface area contributed by atoms with E-state index in [1.165, 1.54) is 0 Å². The summed E-state index contributed by atoms with van der Waals surface area (Å²) in [6.45, 7) is 3.19. The molecule has 0 spiro atoms. The predicted octanol–water partition coefficient (Wildman–Crippen LogP) is -1.62. The number of aliphatic hydroxyl groups is 2. The fourth-order valence-corrected chi connectivity index (χ4v) is 2.35. The van der Waals surface area contributed by atoms with Gasteiger partial charge < -0.3 is 33.9 Å². The van der Waals surface area contributed by atoms with E-state index >= 15 is 0 Å². The fourth-order valence-electron chi connectivity index (χ4n) is 2.35. The summed E-state index contributed by atoms with van der Waals surface area (Å²) in [5.74, 6) is -6.50. The lowest BCUT2D eigenvalue weighted by Gasteiger charge is -2.46. The summed E-state index contributed by atoms with van der Waals surface area (Å²) >= 11 is 0. The van der Waals surface area contributed by atoms with Crippen LogP contribution >= 0.6 is 0 Å². The van der Waals surface area contributed by atoms with Gasteiger partial charge in [-0.25, -0.2) is 0 Å². The van der Waals surface area contributed by atoms with Crippen molar-refractivity contribution in [1.29, 1.82) is 0 Å². The van der Waals surface area contributed by atoms with Crippen LogP contribution in [0.15, 0.2) is 0 Å². The minimum atomic E-state index is -2.87. The molecule has 0 saturated carbocycles. The van der Waals surface area contributed by atoms with Gasteiger partial charge in [0.15, 0.2) is 12.2 Å². The van der Waals surface area contributed by atoms with Crippen LogP contribution in [0.1, 0.15) is 27.7 Å². The molecule has 0 aromatic rings. The molecular formula is C14H20O11. The molecule has 0 aliphatic carbocycles. The van der Waals surface area contributed by atoms with Crippen molar-refractivity contribution in [2.45, 2.75) is 58.1 Å². The second kappa shape index (κ2) is 8.23. The third kappa shape index (κ3) is 5.37. The van der Waals surface area contributed by atoms with E-state index in [0.717, 1.165) is 27.7 Å². The Balaban J connectivity index is 3.38. The second-order valence-electron chi connectivity index (χ2n) is 5.24. The Morgan fingerprint density at radius 1 is 0.880 bits per heavy atom. The second-order valence-corrected chi connectivity index (χ2v) is 5.24. The van der Waals surface area contributed by atoms with Crippen LogP contribution in [0.25, 0.3) is 0 Å². The van der Waals surface area contributed by atoms with Gasteiger partial charge in [-0.2, -0.15) is 0 Å². The molecule has 1 rings (SSSR count). The van der Waals surface area contributed by atoms with Gasteiger partial charge in [-0.15, -0.1) is 0 Å². The Kier molecular flexibility index (Phi) is 6.85. The molecule has 11 nitrogen and oxygen atoms in total. The number of carbonyl (C=O) groups excluding carboxylic acids is 4. The Bertz CT molecular complexity index is 545. The van der Waals surface area contributed by atoms with E-state index in [2.05, 4.69) is 4.74 Å². The SMILES string of the molecule is CC(=O)O[C@H]1[C@H](OC(C)=O)[C@@H](CO)O[C@@](O)(OC(C)=O)[C@@H]1OC(C)=O. The molecular weight excluding hydrogens is 344 g/mol. The Labute approximate surface area is 142 Å². The summed E-state index contributed by atoms with van der Waals surface area (Å²) in [5, 5.41) is 19.9. The minimum absolute atomic E-state index is 0.800. The minimum Gasteiger partial charge on any atom is -0.456 e. The quantitative estimate of drug-likeness (QED) is 0.328. The highest BCUT2D eigenvalue weighted by Crippen LogP contribution is 2.35. The molecule has 1 aliphatic heterocycles. The predicted molar refractivity (Wildman–Crippen MR) is 75.3 cm³/mol. The van der Waals surface area contributed by atoms with Crippen molar-refractivity contribution in [3.8, 4) is 0 Å². The molecule has 2 N–H and O–H groups in total.